The summed E-state index contributed by atoms with van der Waals surface area (Å²) in [5.41, 5.74) is 2.03. The molecule has 0 aromatic carbocycles. The van der Waals surface area contributed by atoms with Gasteiger partial charge in [-0.1, -0.05) is 6.92 Å². The van der Waals surface area contributed by atoms with Crippen LogP contribution in [-0.2, 0) is 17.6 Å². The molecule has 2 aliphatic carbocycles. The molecule has 0 saturated heterocycles. The van der Waals surface area contributed by atoms with Crippen LogP contribution < -0.4 is 5.32 Å². The van der Waals surface area contributed by atoms with E-state index in [-0.39, 0.29) is 11.8 Å². The average Bonchev–Trinajstić information content (AvgIpc) is 3.21. The second-order valence-electron chi connectivity index (χ2n) is 6.03. The predicted molar refractivity (Wildman–Crippen MR) is 80.5 cm³/mol. The zero-order valence-electron chi connectivity index (χ0n) is 12.1. The first-order valence-corrected chi connectivity index (χ1v) is 8.32. The van der Waals surface area contributed by atoms with Crippen LogP contribution in [0.2, 0.25) is 0 Å². The first-order chi connectivity index (χ1) is 9.61. The molecule has 0 radical (unpaired) electrons. The number of thiophene rings is 1. The Morgan fingerprint density at radius 3 is 2.70 bits per heavy atom. The number of hydrogen-bond donors (Lipinski definition) is 1. The topological polar surface area (TPSA) is 46.2 Å². The fraction of sp³-hybridized carbons (Fsp3) is 0.625. The fourth-order valence-electron chi connectivity index (χ4n) is 3.12. The molecular formula is C16H21NO2S. The standard InChI is InChI=1S/C16H21NO2S/c1-9-4-3-5-11-14(16(19)17-2)13(20-15(9)11)8-12(18)10-6-7-10/h9-10H,3-8H2,1-2H3,(H,17,19). The molecule has 1 unspecified atom stereocenters. The second kappa shape index (κ2) is 5.32. The summed E-state index contributed by atoms with van der Waals surface area (Å²) < 4.78 is 0. The molecule has 4 heteroatoms. The molecule has 108 valence electrons. The van der Waals surface area contributed by atoms with Crippen molar-refractivity contribution in [2.24, 2.45) is 5.92 Å². The molecule has 1 heterocycles. The summed E-state index contributed by atoms with van der Waals surface area (Å²) in [5.74, 6) is 1.10. The molecule has 1 aromatic heterocycles. The lowest BCUT2D eigenvalue weighted by atomic mass is 9.87. The van der Waals surface area contributed by atoms with Gasteiger partial charge in [0.2, 0.25) is 0 Å². The van der Waals surface area contributed by atoms with Gasteiger partial charge in [0.1, 0.15) is 5.78 Å². The van der Waals surface area contributed by atoms with Gasteiger partial charge in [-0.05, 0) is 43.6 Å². The van der Waals surface area contributed by atoms with Crippen molar-refractivity contribution in [1.29, 1.82) is 0 Å². The zero-order valence-corrected chi connectivity index (χ0v) is 12.9. The minimum absolute atomic E-state index is 0.0183. The number of ketones is 1. The van der Waals surface area contributed by atoms with Gasteiger partial charge >= 0.3 is 0 Å². The SMILES string of the molecule is CNC(=O)c1c(CC(=O)C2CC2)sc2c1CCCC2C. The molecule has 1 amide bonds. The van der Waals surface area contributed by atoms with Gasteiger partial charge in [-0.2, -0.15) is 0 Å². The maximum atomic E-state index is 12.2. The van der Waals surface area contributed by atoms with Gasteiger partial charge in [0, 0.05) is 29.1 Å². The largest absolute Gasteiger partial charge is 0.355 e. The van der Waals surface area contributed by atoms with Crippen molar-refractivity contribution in [3.05, 3.63) is 20.9 Å². The van der Waals surface area contributed by atoms with E-state index in [1.165, 1.54) is 16.9 Å². The number of Topliss-reactive ketones (excluding diaryl/α,β-unsaturated/α-hetero) is 1. The van der Waals surface area contributed by atoms with E-state index in [0.717, 1.165) is 36.1 Å². The average molecular weight is 291 g/mol. The highest BCUT2D eigenvalue weighted by molar-refractivity contribution is 7.12. The van der Waals surface area contributed by atoms with E-state index in [0.29, 0.717) is 18.1 Å². The summed E-state index contributed by atoms with van der Waals surface area (Å²) in [4.78, 5) is 26.7. The van der Waals surface area contributed by atoms with Crippen LogP contribution in [0.25, 0.3) is 0 Å². The maximum absolute atomic E-state index is 12.2. The maximum Gasteiger partial charge on any atom is 0.252 e. The first kappa shape index (κ1) is 13.8. The van der Waals surface area contributed by atoms with Crippen molar-refractivity contribution in [1.82, 2.24) is 5.32 Å². The van der Waals surface area contributed by atoms with Crippen LogP contribution in [0.4, 0.5) is 0 Å². The normalized spacial score (nSPS) is 21.4. The molecule has 0 aliphatic heterocycles. The van der Waals surface area contributed by atoms with E-state index in [2.05, 4.69) is 12.2 Å². The van der Waals surface area contributed by atoms with Crippen LogP contribution in [0.5, 0.6) is 0 Å². The molecule has 1 fully saturated rings. The summed E-state index contributed by atoms with van der Waals surface area (Å²) >= 11 is 1.71. The Bertz CT molecular complexity index is 557. The Balaban J connectivity index is 1.98. The van der Waals surface area contributed by atoms with Gasteiger partial charge in [-0.25, -0.2) is 0 Å². The van der Waals surface area contributed by atoms with Gasteiger partial charge in [-0.3, -0.25) is 9.59 Å². The first-order valence-electron chi connectivity index (χ1n) is 7.51. The number of fused-ring (bicyclic) bond motifs is 1. The molecule has 1 saturated carbocycles. The highest BCUT2D eigenvalue weighted by Crippen LogP contribution is 2.42. The molecule has 0 bridgehead atoms. The highest BCUT2D eigenvalue weighted by atomic mass is 32.1. The number of hydrogen-bond acceptors (Lipinski definition) is 3. The van der Waals surface area contributed by atoms with Gasteiger partial charge in [0.05, 0.1) is 5.56 Å². The molecule has 1 aromatic rings. The van der Waals surface area contributed by atoms with Gasteiger partial charge in [0.15, 0.2) is 0 Å². The quantitative estimate of drug-likeness (QED) is 0.926. The predicted octanol–water partition coefficient (Wildman–Crippen LogP) is 3.07. The Morgan fingerprint density at radius 1 is 1.30 bits per heavy atom. The summed E-state index contributed by atoms with van der Waals surface area (Å²) in [5, 5.41) is 2.75. The van der Waals surface area contributed by atoms with Crippen molar-refractivity contribution in [3.8, 4) is 0 Å². The van der Waals surface area contributed by atoms with E-state index in [1.807, 2.05) is 0 Å². The Kier molecular flexibility index (Phi) is 3.67. The summed E-state index contributed by atoms with van der Waals surface area (Å²) in [6.07, 6.45) is 5.85. The second-order valence-corrected chi connectivity index (χ2v) is 7.17. The summed E-state index contributed by atoms with van der Waals surface area (Å²) in [6.45, 7) is 2.23. The zero-order chi connectivity index (χ0) is 14.3. The van der Waals surface area contributed by atoms with Crippen molar-refractivity contribution >= 4 is 23.0 Å². The van der Waals surface area contributed by atoms with Crippen LogP contribution in [0, 0.1) is 5.92 Å². The lowest BCUT2D eigenvalue weighted by molar-refractivity contribution is -0.119. The van der Waals surface area contributed by atoms with Gasteiger partial charge in [0.25, 0.3) is 5.91 Å². The lowest BCUT2D eigenvalue weighted by Gasteiger charge is -2.18. The van der Waals surface area contributed by atoms with E-state index < -0.39 is 0 Å². The highest BCUT2D eigenvalue weighted by Gasteiger charge is 2.33. The third kappa shape index (κ3) is 2.41. The lowest BCUT2D eigenvalue weighted by Crippen LogP contribution is -2.22. The third-order valence-corrected chi connectivity index (χ3v) is 5.91. The molecule has 1 N–H and O–H groups in total. The molecule has 1 atom stereocenters. The fourth-order valence-corrected chi connectivity index (χ4v) is 4.56. The summed E-state index contributed by atoms with van der Waals surface area (Å²) in [7, 11) is 1.67. The van der Waals surface area contributed by atoms with Crippen LogP contribution in [0.15, 0.2) is 0 Å². The molecule has 3 rings (SSSR count). The number of rotatable bonds is 4. The minimum Gasteiger partial charge on any atom is -0.355 e. The van der Waals surface area contributed by atoms with Gasteiger partial charge in [-0.15, -0.1) is 11.3 Å². The molecule has 20 heavy (non-hydrogen) atoms. The van der Waals surface area contributed by atoms with Crippen LogP contribution in [0.1, 0.15) is 64.2 Å². The molecule has 3 nitrogen and oxygen atoms in total. The number of amides is 1. The summed E-state index contributed by atoms with van der Waals surface area (Å²) in [6, 6.07) is 0. The Hall–Kier alpha value is -1.16. The third-order valence-electron chi connectivity index (χ3n) is 4.44. The smallest absolute Gasteiger partial charge is 0.252 e. The molecular weight excluding hydrogens is 270 g/mol. The van der Waals surface area contributed by atoms with E-state index >= 15 is 0 Å². The van der Waals surface area contributed by atoms with Crippen LogP contribution in [0.3, 0.4) is 0 Å². The van der Waals surface area contributed by atoms with E-state index in [9.17, 15) is 9.59 Å². The Morgan fingerprint density at radius 2 is 2.05 bits per heavy atom. The number of carbonyl (C=O) groups is 2. The number of nitrogens with one attached hydrogen (secondary N) is 1. The van der Waals surface area contributed by atoms with Crippen molar-refractivity contribution in [3.63, 3.8) is 0 Å². The minimum atomic E-state index is -0.0183. The van der Waals surface area contributed by atoms with E-state index in [1.54, 1.807) is 18.4 Å². The Labute approximate surface area is 123 Å². The van der Waals surface area contributed by atoms with Crippen molar-refractivity contribution in [2.75, 3.05) is 7.05 Å². The van der Waals surface area contributed by atoms with Gasteiger partial charge < -0.3 is 5.32 Å². The number of carbonyl (C=O) groups excluding carboxylic acids is 2. The van der Waals surface area contributed by atoms with Crippen LogP contribution in [-0.4, -0.2) is 18.7 Å². The monoisotopic (exact) mass is 291 g/mol. The molecule has 0 spiro atoms. The molecule has 2 aliphatic rings. The van der Waals surface area contributed by atoms with Crippen LogP contribution >= 0.6 is 11.3 Å². The van der Waals surface area contributed by atoms with Crippen molar-refractivity contribution < 1.29 is 9.59 Å². The van der Waals surface area contributed by atoms with E-state index in [4.69, 9.17) is 0 Å². The van der Waals surface area contributed by atoms with Crippen molar-refractivity contribution in [2.45, 2.75) is 51.4 Å².